The minimum atomic E-state index is -0.409. The van der Waals surface area contributed by atoms with Gasteiger partial charge in [0.1, 0.15) is 0 Å². The maximum absolute atomic E-state index is 10.7. The Kier molecular flexibility index (Phi) is 5.54. The molecule has 1 unspecified atom stereocenters. The summed E-state index contributed by atoms with van der Waals surface area (Å²) in [7, 11) is 0. The molecule has 2 aromatic carbocycles. The standard InChI is InChI=1S/C17H20N2O4/c1-3-23-17-10-13(4-9-16(17)20)11-18-12(2)14-5-7-15(8-6-14)19(21)22/h4-10,12,18,20H,3,11H2,1-2H3. The zero-order valence-electron chi connectivity index (χ0n) is 13.2. The summed E-state index contributed by atoms with van der Waals surface area (Å²) < 4.78 is 5.36. The van der Waals surface area contributed by atoms with Crippen LogP contribution in [0.3, 0.4) is 0 Å². The Morgan fingerprint density at radius 2 is 1.96 bits per heavy atom. The summed E-state index contributed by atoms with van der Waals surface area (Å²) >= 11 is 0. The number of non-ortho nitro benzene ring substituents is 1. The zero-order valence-corrected chi connectivity index (χ0v) is 13.2. The second-order valence-corrected chi connectivity index (χ2v) is 5.19. The molecule has 0 radical (unpaired) electrons. The first-order valence-corrected chi connectivity index (χ1v) is 7.43. The summed E-state index contributed by atoms with van der Waals surface area (Å²) in [5.74, 6) is 0.591. The van der Waals surface area contributed by atoms with Crippen LogP contribution in [0.5, 0.6) is 11.5 Å². The number of nitro groups is 1. The SMILES string of the molecule is CCOc1cc(CNC(C)c2ccc([N+](=O)[O-])cc2)ccc1O. The second-order valence-electron chi connectivity index (χ2n) is 5.19. The third kappa shape index (κ3) is 4.43. The summed E-state index contributed by atoms with van der Waals surface area (Å²) in [5.41, 5.74) is 2.04. The molecule has 0 aliphatic heterocycles. The van der Waals surface area contributed by atoms with E-state index in [-0.39, 0.29) is 17.5 Å². The predicted octanol–water partition coefficient (Wildman–Crippen LogP) is 3.55. The number of phenolic OH excluding ortho intramolecular Hbond substituents is 1. The van der Waals surface area contributed by atoms with Gasteiger partial charge in [-0.2, -0.15) is 0 Å². The van der Waals surface area contributed by atoms with Gasteiger partial charge in [0, 0.05) is 24.7 Å². The number of hydrogen-bond acceptors (Lipinski definition) is 5. The summed E-state index contributed by atoms with van der Waals surface area (Å²) in [4.78, 5) is 10.3. The molecule has 6 nitrogen and oxygen atoms in total. The lowest BCUT2D eigenvalue weighted by Gasteiger charge is -2.15. The van der Waals surface area contributed by atoms with Crippen molar-refractivity contribution >= 4 is 5.69 Å². The molecule has 6 heteroatoms. The Hall–Kier alpha value is -2.60. The van der Waals surface area contributed by atoms with Gasteiger partial charge >= 0.3 is 0 Å². The van der Waals surface area contributed by atoms with Gasteiger partial charge in [-0.15, -0.1) is 0 Å². The van der Waals surface area contributed by atoms with Crippen molar-refractivity contribution in [3.8, 4) is 11.5 Å². The number of nitrogens with zero attached hydrogens (tertiary/aromatic N) is 1. The highest BCUT2D eigenvalue weighted by Crippen LogP contribution is 2.27. The van der Waals surface area contributed by atoms with E-state index in [4.69, 9.17) is 4.74 Å². The monoisotopic (exact) mass is 316 g/mol. The van der Waals surface area contributed by atoms with E-state index in [9.17, 15) is 15.2 Å². The molecule has 0 aliphatic carbocycles. The van der Waals surface area contributed by atoms with Crippen LogP contribution >= 0.6 is 0 Å². The summed E-state index contributed by atoms with van der Waals surface area (Å²) in [5, 5.41) is 23.7. The highest BCUT2D eigenvalue weighted by atomic mass is 16.6. The predicted molar refractivity (Wildman–Crippen MR) is 87.6 cm³/mol. The van der Waals surface area contributed by atoms with Crippen molar-refractivity contribution < 1.29 is 14.8 Å². The topological polar surface area (TPSA) is 84.6 Å². The molecular formula is C17H20N2O4. The van der Waals surface area contributed by atoms with E-state index in [1.165, 1.54) is 12.1 Å². The quantitative estimate of drug-likeness (QED) is 0.603. The minimum Gasteiger partial charge on any atom is -0.504 e. The fourth-order valence-corrected chi connectivity index (χ4v) is 2.21. The zero-order chi connectivity index (χ0) is 16.8. The van der Waals surface area contributed by atoms with Crippen LogP contribution in [0.2, 0.25) is 0 Å². The number of ether oxygens (including phenoxy) is 1. The van der Waals surface area contributed by atoms with Gasteiger partial charge in [-0.05, 0) is 37.1 Å². The molecule has 0 spiro atoms. The van der Waals surface area contributed by atoms with Crippen LogP contribution in [0, 0.1) is 10.1 Å². The maximum atomic E-state index is 10.7. The highest BCUT2D eigenvalue weighted by Gasteiger charge is 2.09. The number of aromatic hydroxyl groups is 1. The molecule has 0 saturated heterocycles. The minimum absolute atomic E-state index is 0.0418. The molecule has 1 atom stereocenters. The Bertz CT molecular complexity index is 671. The van der Waals surface area contributed by atoms with Crippen molar-refractivity contribution in [1.29, 1.82) is 0 Å². The van der Waals surface area contributed by atoms with Crippen molar-refractivity contribution in [1.82, 2.24) is 5.32 Å². The van der Waals surface area contributed by atoms with Gasteiger partial charge in [-0.25, -0.2) is 0 Å². The molecule has 2 aromatic rings. The largest absolute Gasteiger partial charge is 0.504 e. The molecule has 0 heterocycles. The average molecular weight is 316 g/mol. The van der Waals surface area contributed by atoms with E-state index in [2.05, 4.69) is 5.32 Å². The molecule has 0 amide bonds. The molecule has 122 valence electrons. The molecule has 0 fully saturated rings. The number of benzene rings is 2. The first kappa shape index (κ1) is 16.8. The lowest BCUT2D eigenvalue weighted by atomic mass is 10.1. The van der Waals surface area contributed by atoms with Crippen LogP contribution in [0.25, 0.3) is 0 Å². The van der Waals surface area contributed by atoms with E-state index in [0.29, 0.717) is 18.9 Å². The molecule has 0 aromatic heterocycles. The summed E-state index contributed by atoms with van der Waals surface area (Å²) in [6.45, 7) is 4.94. The van der Waals surface area contributed by atoms with E-state index >= 15 is 0 Å². The smallest absolute Gasteiger partial charge is 0.269 e. The van der Waals surface area contributed by atoms with Gasteiger partial charge in [0.25, 0.3) is 5.69 Å². The van der Waals surface area contributed by atoms with Crippen LogP contribution < -0.4 is 10.1 Å². The lowest BCUT2D eigenvalue weighted by molar-refractivity contribution is -0.384. The third-order valence-corrected chi connectivity index (χ3v) is 3.54. The Morgan fingerprint density at radius 1 is 1.26 bits per heavy atom. The van der Waals surface area contributed by atoms with E-state index in [1.807, 2.05) is 19.9 Å². The van der Waals surface area contributed by atoms with Crippen molar-refractivity contribution in [2.75, 3.05) is 6.61 Å². The van der Waals surface area contributed by atoms with Crippen molar-refractivity contribution in [2.45, 2.75) is 26.4 Å². The first-order valence-electron chi connectivity index (χ1n) is 7.43. The van der Waals surface area contributed by atoms with Gasteiger partial charge in [0.05, 0.1) is 11.5 Å². The normalized spacial score (nSPS) is 11.9. The van der Waals surface area contributed by atoms with Gasteiger partial charge in [0.15, 0.2) is 11.5 Å². The number of hydrogen-bond donors (Lipinski definition) is 2. The summed E-state index contributed by atoms with van der Waals surface area (Å²) in [6, 6.07) is 11.8. The molecule has 0 bridgehead atoms. The molecule has 2 rings (SSSR count). The highest BCUT2D eigenvalue weighted by molar-refractivity contribution is 5.42. The van der Waals surface area contributed by atoms with E-state index in [0.717, 1.165) is 11.1 Å². The Labute approximate surface area is 134 Å². The van der Waals surface area contributed by atoms with E-state index < -0.39 is 4.92 Å². The molecule has 2 N–H and O–H groups in total. The first-order chi connectivity index (χ1) is 11.0. The van der Waals surface area contributed by atoms with Gasteiger partial charge in [0.2, 0.25) is 0 Å². The number of nitrogens with one attached hydrogen (secondary N) is 1. The van der Waals surface area contributed by atoms with Crippen LogP contribution in [0.4, 0.5) is 5.69 Å². The third-order valence-electron chi connectivity index (χ3n) is 3.54. The number of rotatable bonds is 7. The van der Waals surface area contributed by atoms with Crippen molar-refractivity contribution in [3.63, 3.8) is 0 Å². The van der Waals surface area contributed by atoms with Gasteiger partial charge < -0.3 is 15.2 Å². The van der Waals surface area contributed by atoms with E-state index in [1.54, 1.807) is 24.3 Å². The Balaban J connectivity index is 1.99. The lowest BCUT2D eigenvalue weighted by Crippen LogP contribution is -2.18. The fraction of sp³-hybridized carbons (Fsp3) is 0.294. The fourth-order valence-electron chi connectivity index (χ4n) is 2.21. The van der Waals surface area contributed by atoms with Crippen molar-refractivity contribution in [2.24, 2.45) is 0 Å². The number of phenols is 1. The van der Waals surface area contributed by atoms with Crippen molar-refractivity contribution in [3.05, 3.63) is 63.7 Å². The van der Waals surface area contributed by atoms with Crippen LogP contribution in [0.1, 0.15) is 31.0 Å². The molecular weight excluding hydrogens is 296 g/mol. The Morgan fingerprint density at radius 3 is 2.57 bits per heavy atom. The summed E-state index contributed by atoms with van der Waals surface area (Å²) in [6.07, 6.45) is 0. The molecule has 0 saturated carbocycles. The second kappa shape index (κ2) is 7.60. The molecule has 23 heavy (non-hydrogen) atoms. The van der Waals surface area contributed by atoms with Crippen LogP contribution in [-0.4, -0.2) is 16.6 Å². The average Bonchev–Trinajstić information content (AvgIpc) is 2.55. The maximum Gasteiger partial charge on any atom is 0.269 e. The van der Waals surface area contributed by atoms with Crippen LogP contribution in [-0.2, 0) is 6.54 Å². The van der Waals surface area contributed by atoms with Crippen LogP contribution in [0.15, 0.2) is 42.5 Å². The molecule has 0 aliphatic rings. The van der Waals surface area contributed by atoms with Gasteiger partial charge in [-0.3, -0.25) is 10.1 Å². The number of nitro benzene ring substituents is 1. The van der Waals surface area contributed by atoms with Gasteiger partial charge in [-0.1, -0.05) is 18.2 Å².